The first-order valence-electron chi connectivity index (χ1n) is 5.62. The van der Waals surface area contributed by atoms with E-state index in [4.69, 9.17) is 0 Å². The maximum atomic E-state index is 12.0. The zero-order valence-electron chi connectivity index (χ0n) is 10.6. The van der Waals surface area contributed by atoms with Gasteiger partial charge in [-0.1, -0.05) is 6.07 Å². The minimum Gasteiger partial charge on any atom is -0.388 e. The number of rotatable bonds is 2. The van der Waals surface area contributed by atoms with Crippen LogP contribution in [0.15, 0.2) is 40.1 Å². The fourth-order valence-electron chi connectivity index (χ4n) is 1.80. The summed E-state index contributed by atoms with van der Waals surface area (Å²) in [4.78, 5) is 23.3. The molecule has 1 aromatic carbocycles. The highest BCUT2D eigenvalue weighted by Crippen LogP contribution is 2.17. The van der Waals surface area contributed by atoms with Crippen LogP contribution >= 0.6 is 0 Å². The number of hydrogen-bond acceptors (Lipinski definition) is 3. The molecule has 94 valence electrons. The van der Waals surface area contributed by atoms with Gasteiger partial charge in [0.25, 0.3) is 5.56 Å². The van der Waals surface area contributed by atoms with Crippen LogP contribution in [0.5, 0.6) is 0 Å². The molecule has 0 spiro atoms. The van der Waals surface area contributed by atoms with Gasteiger partial charge in [-0.3, -0.25) is 13.9 Å². The topological polar surface area (TPSA) is 56.0 Å². The molecule has 0 saturated heterocycles. The predicted molar refractivity (Wildman–Crippen MR) is 71.6 cm³/mol. The van der Waals surface area contributed by atoms with Crippen LogP contribution in [0.2, 0.25) is 0 Å². The third kappa shape index (κ3) is 1.95. The number of aryl methyl sites for hydroxylation is 1. The lowest BCUT2D eigenvalue weighted by Crippen LogP contribution is -2.36. The summed E-state index contributed by atoms with van der Waals surface area (Å²) in [6.45, 7) is 1.99. The van der Waals surface area contributed by atoms with Gasteiger partial charge in [-0.15, -0.1) is 0 Å². The van der Waals surface area contributed by atoms with E-state index in [2.05, 4.69) is 5.32 Å². The zero-order chi connectivity index (χ0) is 13.3. The van der Waals surface area contributed by atoms with Gasteiger partial charge in [-0.2, -0.15) is 0 Å². The smallest absolute Gasteiger partial charge is 0.335 e. The second-order valence-electron chi connectivity index (χ2n) is 4.11. The quantitative estimate of drug-likeness (QED) is 0.854. The molecule has 18 heavy (non-hydrogen) atoms. The number of nitrogens with zero attached hydrogens (tertiary/aromatic N) is 2. The van der Waals surface area contributed by atoms with Crippen molar-refractivity contribution in [1.29, 1.82) is 0 Å². The van der Waals surface area contributed by atoms with Gasteiger partial charge >= 0.3 is 5.69 Å². The molecule has 5 nitrogen and oxygen atoms in total. The molecule has 1 heterocycles. The Morgan fingerprint density at radius 1 is 1.17 bits per heavy atom. The summed E-state index contributed by atoms with van der Waals surface area (Å²) < 4.78 is 2.53. The van der Waals surface area contributed by atoms with Crippen molar-refractivity contribution in [2.24, 2.45) is 7.05 Å². The molecule has 0 amide bonds. The highest BCUT2D eigenvalue weighted by Gasteiger charge is 2.05. The van der Waals surface area contributed by atoms with Gasteiger partial charge in [0.2, 0.25) is 0 Å². The minimum atomic E-state index is -0.353. The van der Waals surface area contributed by atoms with Gasteiger partial charge < -0.3 is 5.32 Å². The molecule has 0 atom stereocenters. The molecular formula is C13H15N3O2. The summed E-state index contributed by atoms with van der Waals surface area (Å²) in [7, 11) is 3.30. The van der Waals surface area contributed by atoms with Gasteiger partial charge in [0.15, 0.2) is 0 Å². The average Bonchev–Trinajstić information content (AvgIpc) is 2.37. The van der Waals surface area contributed by atoms with Crippen LogP contribution in [0.25, 0.3) is 5.69 Å². The summed E-state index contributed by atoms with van der Waals surface area (Å²) in [6, 6.07) is 7.03. The Bertz CT molecular complexity index is 698. The van der Waals surface area contributed by atoms with E-state index in [0.717, 1.165) is 21.5 Å². The number of hydrogen-bond donors (Lipinski definition) is 1. The van der Waals surface area contributed by atoms with Gasteiger partial charge in [0.05, 0.1) is 5.69 Å². The largest absolute Gasteiger partial charge is 0.388 e. The molecule has 0 fully saturated rings. The number of anilines is 1. The number of aromatic nitrogens is 2. The summed E-state index contributed by atoms with van der Waals surface area (Å²) in [5, 5.41) is 3.07. The zero-order valence-corrected chi connectivity index (χ0v) is 10.6. The summed E-state index contributed by atoms with van der Waals surface area (Å²) in [6.07, 6.45) is 1.49. The Kier molecular flexibility index (Phi) is 3.06. The van der Waals surface area contributed by atoms with E-state index in [-0.39, 0.29) is 11.2 Å². The molecule has 0 aliphatic carbocycles. The second kappa shape index (κ2) is 4.52. The van der Waals surface area contributed by atoms with Crippen molar-refractivity contribution in [3.05, 3.63) is 56.9 Å². The predicted octanol–water partition coefficient (Wildman–Crippen LogP) is 0.886. The molecule has 0 aliphatic rings. The van der Waals surface area contributed by atoms with Crippen LogP contribution in [-0.2, 0) is 7.05 Å². The van der Waals surface area contributed by atoms with Crippen LogP contribution in [-0.4, -0.2) is 16.2 Å². The first kappa shape index (κ1) is 12.2. The molecular weight excluding hydrogens is 230 g/mol. The monoisotopic (exact) mass is 245 g/mol. The number of nitrogens with one attached hydrogen (secondary N) is 1. The second-order valence-corrected chi connectivity index (χ2v) is 4.11. The fourth-order valence-corrected chi connectivity index (χ4v) is 1.80. The SMILES string of the molecule is CNc1cc(-n2ccc(=O)n(C)c2=O)ccc1C. The van der Waals surface area contributed by atoms with E-state index in [1.807, 2.05) is 32.2 Å². The lowest BCUT2D eigenvalue weighted by Gasteiger charge is -2.10. The Morgan fingerprint density at radius 2 is 1.89 bits per heavy atom. The molecule has 0 aliphatic heterocycles. The van der Waals surface area contributed by atoms with Crippen molar-refractivity contribution >= 4 is 5.69 Å². The maximum absolute atomic E-state index is 12.0. The highest BCUT2D eigenvalue weighted by molar-refractivity contribution is 5.56. The summed E-state index contributed by atoms with van der Waals surface area (Å²) in [5.41, 5.74) is 2.11. The minimum absolute atomic E-state index is 0.308. The standard InChI is InChI=1S/C13H15N3O2/c1-9-4-5-10(8-11(9)14-2)16-7-6-12(17)15(3)13(16)18/h4-8,14H,1-3H3. The van der Waals surface area contributed by atoms with Crippen molar-refractivity contribution < 1.29 is 0 Å². The first-order chi connectivity index (χ1) is 8.54. The first-order valence-corrected chi connectivity index (χ1v) is 5.62. The van der Waals surface area contributed by atoms with Crippen molar-refractivity contribution in [2.45, 2.75) is 6.92 Å². The van der Waals surface area contributed by atoms with Gasteiger partial charge in [-0.05, 0) is 24.6 Å². The molecule has 1 N–H and O–H groups in total. The lowest BCUT2D eigenvalue weighted by molar-refractivity contribution is 0.728. The van der Waals surface area contributed by atoms with Crippen LogP contribution in [0.1, 0.15) is 5.56 Å². The van der Waals surface area contributed by atoms with Crippen molar-refractivity contribution in [3.63, 3.8) is 0 Å². The van der Waals surface area contributed by atoms with Crippen LogP contribution < -0.4 is 16.6 Å². The van der Waals surface area contributed by atoms with E-state index < -0.39 is 0 Å². The molecule has 0 saturated carbocycles. The molecule has 0 bridgehead atoms. The van der Waals surface area contributed by atoms with Crippen molar-refractivity contribution in [3.8, 4) is 5.69 Å². The van der Waals surface area contributed by atoms with Gasteiger partial charge in [0, 0.05) is 32.0 Å². The average molecular weight is 245 g/mol. The van der Waals surface area contributed by atoms with Gasteiger partial charge in [-0.25, -0.2) is 4.79 Å². The Hall–Kier alpha value is -2.30. The van der Waals surface area contributed by atoms with E-state index >= 15 is 0 Å². The third-order valence-corrected chi connectivity index (χ3v) is 2.96. The molecule has 2 rings (SSSR count). The third-order valence-electron chi connectivity index (χ3n) is 2.96. The molecule has 1 aromatic heterocycles. The molecule has 0 unspecified atom stereocenters. The molecule has 5 heteroatoms. The Balaban J connectivity index is 2.67. The fraction of sp³-hybridized carbons (Fsp3) is 0.231. The van der Waals surface area contributed by atoms with E-state index in [1.165, 1.54) is 23.9 Å². The van der Waals surface area contributed by atoms with Crippen LogP contribution in [0, 0.1) is 6.92 Å². The number of benzene rings is 1. The maximum Gasteiger partial charge on any atom is 0.335 e. The highest BCUT2D eigenvalue weighted by atomic mass is 16.2. The summed E-state index contributed by atoms with van der Waals surface area (Å²) in [5.74, 6) is 0. The molecule has 0 radical (unpaired) electrons. The van der Waals surface area contributed by atoms with Gasteiger partial charge in [0.1, 0.15) is 0 Å². The van der Waals surface area contributed by atoms with E-state index in [0.29, 0.717) is 0 Å². The van der Waals surface area contributed by atoms with Crippen molar-refractivity contribution in [1.82, 2.24) is 9.13 Å². The van der Waals surface area contributed by atoms with Crippen LogP contribution in [0.3, 0.4) is 0 Å². The lowest BCUT2D eigenvalue weighted by atomic mass is 10.2. The Labute approximate surface area is 104 Å². The Morgan fingerprint density at radius 3 is 2.56 bits per heavy atom. The van der Waals surface area contributed by atoms with Crippen LogP contribution in [0.4, 0.5) is 5.69 Å². The summed E-state index contributed by atoms with van der Waals surface area (Å²) >= 11 is 0. The van der Waals surface area contributed by atoms with E-state index in [1.54, 1.807) is 0 Å². The molecule has 2 aromatic rings. The van der Waals surface area contributed by atoms with E-state index in [9.17, 15) is 9.59 Å². The van der Waals surface area contributed by atoms with Crippen molar-refractivity contribution in [2.75, 3.05) is 12.4 Å². The normalized spacial score (nSPS) is 10.4.